The second-order valence-corrected chi connectivity index (χ2v) is 11.1. The van der Waals surface area contributed by atoms with Gasteiger partial charge < -0.3 is 9.64 Å². The van der Waals surface area contributed by atoms with Crippen molar-refractivity contribution in [1.29, 1.82) is 0 Å². The van der Waals surface area contributed by atoms with Gasteiger partial charge in [-0.25, -0.2) is 18.9 Å². The zero-order valence-electron chi connectivity index (χ0n) is 25.1. The minimum absolute atomic E-state index is 0.0275. The molecule has 0 spiro atoms. The topological polar surface area (TPSA) is 132 Å². The highest BCUT2D eigenvalue weighted by Gasteiger charge is 2.43. The molecule has 45 heavy (non-hydrogen) atoms. The van der Waals surface area contributed by atoms with Crippen molar-refractivity contribution in [2.75, 3.05) is 42.6 Å². The Kier molecular flexibility index (Phi) is 7.83. The minimum atomic E-state index is -0.643. The third-order valence-electron chi connectivity index (χ3n) is 8.38. The quantitative estimate of drug-likeness (QED) is 0.222. The Hall–Kier alpha value is -5.11. The molecule has 6 rings (SSSR count). The van der Waals surface area contributed by atoms with Gasteiger partial charge in [-0.15, -0.1) is 0 Å². The summed E-state index contributed by atoms with van der Waals surface area (Å²) in [5.74, 6) is -1.04. The van der Waals surface area contributed by atoms with Crippen LogP contribution in [0.2, 0.25) is 0 Å². The molecule has 4 aromatic rings. The van der Waals surface area contributed by atoms with Gasteiger partial charge in [-0.3, -0.25) is 33.0 Å². The van der Waals surface area contributed by atoms with Crippen molar-refractivity contribution in [3.8, 4) is 0 Å². The molecule has 13 nitrogen and oxygen atoms in total. The van der Waals surface area contributed by atoms with E-state index in [1.165, 1.54) is 35.9 Å². The molecule has 14 heteroatoms. The fraction of sp³-hybridized carbons (Fsp3) is 0.355. The van der Waals surface area contributed by atoms with Crippen molar-refractivity contribution in [2.24, 2.45) is 14.1 Å². The van der Waals surface area contributed by atoms with Crippen molar-refractivity contribution in [3.63, 3.8) is 0 Å². The van der Waals surface area contributed by atoms with E-state index >= 15 is 0 Å². The van der Waals surface area contributed by atoms with Gasteiger partial charge in [-0.05, 0) is 48.9 Å². The molecule has 2 aromatic carbocycles. The molecule has 2 aromatic heterocycles. The number of carbonyl (C=O) groups is 3. The molecule has 2 saturated heterocycles. The number of amides is 2. The summed E-state index contributed by atoms with van der Waals surface area (Å²) in [4.78, 5) is 74.3. The number of aryl methyl sites for hydroxylation is 1. The van der Waals surface area contributed by atoms with E-state index in [4.69, 9.17) is 9.72 Å². The Labute approximate surface area is 256 Å². The number of ether oxygens (including phenoxy) is 1. The maximum absolute atomic E-state index is 13.6. The molecule has 2 amide bonds. The average Bonchev–Trinajstić information content (AvgIpc) is 3.56. The van der Waals surface area contributed by atoms with Gasteiger partial charge >= 0.3 is 11.7 Å². The van der Waals surface area contributed by atoms with Crippen molar-refractivity contribution in [2.45, 2.75) is 25.9 Å². The van der Waals surface area contributed by atoms with Gasteiger partial charge in [-0.1, -0.05) is 12.1 Å². The number of benzene rings is 2. The zero-order chi connectivity index (χ0) is 32.0. The normalized spacial score (nSPS) is 17.5. The third-order valence-corrected chi connectivity index (χ3v) is 8.38. The number of imide groups is 1. The van der Waals surface area contributed by atoms with E-state index in [1.54, 1.807) is 42.8 Å². The highest BCUT2D eigenvalue weighted by molar-refractivity contribution is 6.22. The Morgan fingerprint density at radius 3 is 2.24 bits per heavy atom. The molecule has 1 atom stereocenters. The Morgan fingerprint density at radius 2 is 1.60 bits per heavy atom. The van der Waals surface area contributed by atoms with Crippen LogP contribution in [0.25, 0.3) is 11.2 Å². The fourth-order valence-corrected chi connectivity index (χ4v) is 5.97. The first-order chi connectivity index (χ1) is 21.6. The standard InChI is InChI=1S/C31H32FN7O6/c1-4-45-29(43)20-7-11-22(12-8-20)39-24(40)17-23(27(39)41)36-13-15-37(16-14-36)30-33-26-25(28(42)35(3)31(44)34(26)2)38(30)18-19-5-9-21(32)10-6-19/h5-12,23H,4,13-18H2,1-3H3. The second kappa shape index (κ2) is 11.8. The predicted molar refractivity (Wildman–Crippen MR) is 163 cm³/mol. The lowest BCUT2D eigenvalue weighted by atomic mass is 10.1. The molecular weight excluding hydrogens is 585 g/mol. The third kappa shape index (κ3) is 5.30. The maximum atomic E-state index is 13.6. The summed E-state index contributed by atoms with van der Waals surface area (Å²) in [7, 11) is 2.97. The van der Waals surface area contributed by atoms with E-state index in [0.717, 1.165) is 15.0 Å². The highest BCUT2D eigenvalue weighted by atomic mass is 19.1. The van der Waals surface area contributed by atoms with Crippen molar-refractivity contribution >= 4 is 40.6 Å². The summed E-state index contributed by atoms with van der Waals surface area (Å²) < 4.78 is 22.7. The van der Waals surface area contributed by atoms with Crippen molar-refractivity contribution < 1.29 is 23.5 Å². The zero-order valence-corrected chi connectivity index (χ0v) is 25.1. The SMILES string of the molecule is CCOC(=O)c1ccc(N2C(=O)CC(N3CCN(c4nc5c(c(=O)n(C)c(=O)n5C)n4Cc4ccc(F)cc4)CC3)C2=O)cc1. The second-order valence-electron chi connectivity index (χ2n) is 11.1. The number of carbonyl (C=O) groups excluding carboxylic acids is 3. The van der Waals surface area contributed by atoms with Crippen LogP contribution in [-0.4, -0.2) is 80.2 Å². The molecule has 0 aliphatic carbocycles. The van der Waals surface area contributed by atoms with E-state index < -0.39 is 23.3 Å². The van der Waals surface area contributed by atoms with Crippen LogP contribution in [0, 0.1) is 5.82 Å². The summed E-state index contributed by atoms with van der Waals surface area (Å²) in [5.41, 5.74) is 0.970. The van der Waals surface area contributed by atoms with Crippen molar-refractivity contribution in [3.05, 3.63) is 86.3 Å². The first-order valence-electron chi connectivity index (χ1n) is 14.6. The summed E-state index contributed by atoms with van der Waals surface area (Å²) in [6.07, 6.45) is 0.0275. The Balaban J connectivity index is 1.23. The van der Waals surface area contributed by atoms with Crippen LogP contribution in [0.4, 0.5) is 16.0 Å². The molecule has 0 saturated carbocycles. The summed E-state index contributed by atoms with van der Waals surface area (Å²) in [6.45, 7) is 3.93. The number of halogens is 1. The van der Waals surface area contributed by atoms with Gasteiger partial charge in [0.25, 0.3) is 11.5 Å². The number of esters is 1. The van der Waals surface area contributed by atoms with Gasteiger partial charge in [-0.2, -0.15) is 4.98 Å². The van der Waals surface area contributed by atoms with E-state index in [9.17, 15) is 28.4 Å². The molecule has 2 fully saturated rings. The number of rotatable bonds is 7. The summed E-state index contributed by atoms with van der Waals surface area (Å²) >= 11 is 0. The molecule has 4 heterocycles. The lowest BCUT2D eigenvalue weighted by Crippen LogP contribution is -2.53. The summed E-state index contributed by atoms with van der Waals surface area (Å²) in [6, 6.07) is 11.5. The molecule has 2 aliphatic rings. The van der Waals surface area contributed by atoms with Crippen LogP contribution in [0.15, 0.2) is 58.1 Å². The van der Waals surface area contributed by atoms with Gasteiger partial charge in [0.2, 0.25) is 11.9 Å². The number of hydrogen-bond acceptors (Lipinski definition) is 9. The highest BCUT2D eigenvalue weighted by Crippen LogP contribution is 2.28. The van der Waals surface area contributed by atoms with Crippen LogP contribution >= 0.6 is 0 Å². The van der Waals surface area contributed by atoms with Gasteiger partial charge in [0.15, 0.2) is 11.2 Å². The lowest BCUT2D eigenvalue weighted by Gasteiger charge is -2.37. The van der Waals surface area contributed by atoms with E-state index in [-0.39, 0.29) is 48.4 Å². The van der Waals surface area contributed by atoms with Gasteiger partial charge in [0.1, 0.15) is 5.82 Å². The number of piperazine rings is 1. The van der Waals surface area contributed by atoms with E-state index in [2.05, 4.69) is 0 Å². The average molecular weight is 618 g/mol. The van der Waals surface area contributed by atoms with Crippen LogP contribution in [-0.2, 0) is 35.0 Å². The first-order valence-corrected chi connectivity index (χ1v) is 14.6. The molecule has 234 valence electrons. The van der Waals surface area contributed by atoms with Crippen LogP contribution < -0.4 is 21.0 Å². The molecule has 0 bridgehead atoms. The number of imidazole rings is 1. The van der Waals surface area contributed by atoms with E-state index in [0.29, 0.717) is 43.4 Å². The maximum Gasteiger partial charge on any atom is 0.338 e. The van der Waals surface area contributed by atoms with Gasteiger partial charge in [0, 0.05) is 40.3 Å². The molecule has 1 unspecified atom stereocenters. The number of aromatic nitrogens is 4. The molecule has 2 aliphatic heterocycles. The number of fused-ring (bicyclic) bond motifs is 1. The molecule has 0 N–H and O–H groups in total. The van der Waals surface area contributed by atoms with Crippen LogP contribution in [0.3, 0.4) is 0 Å². The molecular formula is C31H32FN7O6. The lowest BCUT2D eigenvalue weighted by molar-refractivity contribution is -0.123. The minimum Gasteiger partial charge on any atom is -0.462 e. The monoisotopic (exact) mass is 617 g/mol. The Bertz CT molecular complexity index is 1920. The number of hydrogen-bond donors (Lipinski definition) is 0. The largest absolute Gasteiger partial charge is 0.462 e. The summed E-state index contributed by atoms with van der Waals surface area (Å²) in [5, 5.41) is 0. The van der Waals surface area contributed by atoms with E-state index in [1.807, 2.05) is 9.80 Å². The Morgan fingerprint density at radius 1 is 0.933 bits per heavy atom. The van der Waals surface area contributed by atoms with Crippen LogP contribution in [0.5, 0.6) is 0 Å². The number of nitrogens with zero attached hydrogens (tertiary/aromatic N) is 7. The first kappa shape index (κ1) is 29.9. The number of anilines is 2. The smallest absolute Gasteiger partial charge is 0.338 e. The molecule has 0 radical (unpaired) electrons. The van der Waals surface area contributed by atoms with Gasteiger partial charge in [0.05, 0.1) is 36.9 Å². The fourth-order valence-electron chi connectivity index (χ4n) is 5.97. The van der Waals surface area contributed by atoms with Crippen LogP contribution in [0.1, 0.15) is 29.3 Å². The predicted octanol–water partition coefficient (Wildman–Crippen LogP) is 1.25. The van der Waals surface area contributed by atoms with Crippen molar-refractivity contribution in [1.82, 2.24) is 23.6 Å².